The van der Waals surface area contributed by atoms with Gasteiger partial charge in [0.1, 0.15) is 18.2 Å². The van der Waals surface area contributed by atoms with Crippen LogP contribution in [0.3, 0.4) is 0 Å². The summed E-state index contributed by atoms with van der Waals surface area (Å²) in [5, 5.41) is 14.8. The second-order valence-electron chi connectivity index (χ2n) is 11.4. The predicted octanol–water partition coefficient (Wildman–Crippen LogP) is 3.64. The van der Waals surface area contributed by atoms with E-state index in [4.69, 9.17) is 18.7 Å². The van der Waals surface area contributed by atoms with Crippen molar-refractivity contribution in [1.82, 2.24) is 5.06 Å². The molecule has 1 N–H and O–H groups in total. The zero-order valence-corrected chi connectivity index (χ0v) is 24.6. The number of benzene rings is 3. The largest absolute Gasteiger partial charge is 0.465 e. The molecule has 8 heteroatoms. The molecule has 2 fully saturated rings. The van der Waals surface area contributed by atoms with Crippen molar-refractivity contribution in [3.8, 4) is 0 Å². The Morgan fingerprint density at radius 2 is 1.48 bits per heavy atom. The molecule has 2 saturated heterocycles. The maximum atomic E-state index is 13.1. The highest BCUT2D eigenvalue weighted by Crippen LogP contribution is 2.42. The Morgan fingerprint density at radius 1 is 0.925 bits per heavy atom. The summed E-state index contributed by atoms with van der Waals surface area (Å²) in [6.45, 7) is 9.26. The first-order valence-electron chi connectivity index (χ1n) is 14.0. The van der Waals surface area contributed by atoms with Crippen molar-refractivity contribution >= 4 is 24.7 Å². The van der Waals surface area contributed by atoms with Gasteiger partial charge in [0.2, 0.25) is 0 Å². The van der Waals surface area contributed by atoms with Gasteiger partial charge in [-0.05, 0) is 27.9 Å². The summed E-state index contributed by atoms with van der Waals surface area (Å²) >= 11 is 0. The van der Waals surface area contributed by atoms with E-state index in [2.05, 4.69) is 45.0 Å². The Labute approximate surface area is 237 Å². The number of carbonyl (C=O) groups excluding carboxylic acids is 1. The highest BCUT2D eigenvalue weighted by atomic mass is 28.4. The van der Waals surface area contributed by atoms with Crippen molar-refractivity contribution in [2.24, 2.45) is 5.92 Å². The fourth-order valence-electron chi connectivity index (χ4n) is 6.15. The summed E-state index contributed by atoms with van der Waals surface area (Å²) in [6.07, 6.45) is -2.32. The normalized spacial score (nSPS) is 25.1. The third kappa shape index (κ3) is 5.40. The lowest BCUT2D eigenvalue weighted by molar-refractivity contribution is -0.217. The third-order valence-corrected chi connectivity index (χ3v) is 12.9. The van der Waals surface area contributed by atoms with E-state index in [9.17, 15) is 9.90 Å². The lowest BCUT2D eigenvalue weighted by Gasteiger charge is -2.43. The number of aliphatic hydroxyl groups is 1. The van der Waals surface area contributed by atoms with Crippen LogP contribution in [-0.2, 0) is 30.1 Å². The molecule has 0 bridgehead atoms. The lowest BCUT2D eigenvalue weighted by Crippen LogP contribution is -2.67. The molecule has 0 spiro atoms. The van der Waals surface area contributed by atoms with Crippen LogP contribution >= 0.6 is 0 Å². The Morgan fingerprint density at radius 3 is 2.00 bits per heavy atom. The van der Waals surface area contributed by atoms with Crippen LogP contribution in [0.15, 0.2) is 91.0 Å². The fourth-order valence-corrected chi connectivity index (χ4v) is 10.7. The maximum Gasteiger partial charge on any atom is 0.326 e. The van der Waals surface area contributed by atoms with Crippen LogP contribution in [0.4, 0.5) is 0 Å². The van der Waals surface area contributed by atoms with Gasteiger partial charge in [0.05, 0.1) is 25.7 Å². The van der Waals surface area contributed by atoms with Crippen LogP contribution in [0.25, 0.3) is 0 Å². The molecule has 1 unspecified atom stereocenters. The highest BCUT2D eigenvalue weighted by molar-refractivity contribution is 6.99. The van der Waals surface area contributed by atoms with Gasteiger partial charge in [-0.1, -0.05) is 112 Å². The highest BCUT2D eigenvalue weighted by Gasteiger charge is 2.60. The number of rotatable bonds is 9. The molecule has 40 heavy (non-hydrogen) atoms. The van der Waals surface area contributed by atoms with Gasteiger partial charge in [0, 0.05) is 0 Å². The van der Waals surface area contributed by atoms with Crippen LogP contribution in [0.5, 0.6) is 0 Å². The van der Waals surface area contributed by atoms with Gasteiger partial charge in [-0.25, -0.2) is 0 Å². The molecule has 0 amide bonds. The fraction of sp³-hybridized carbons (Fsp3) is 0.406. The van der Waals surface area contributed by atoms with Crippen molar-refractivity contribution < 1.29 is 28.6 Å². The third-order valence-electron chi connectivity index (χ3n) is 7.91. The van der Waals surface area contributed by atoms with Gasteiger partial charge in [-0.15, -0.1) is 0 Å². The number of hydrogen-bond donors (Lipinski definition) is 1. The Bertz CT molecular complexity index is 1210. The Hall–Kier alpha value is -2.85. The minimum absolute atomic E-state index is 0.209. The minimum atomic E-state index is -2.83. The summed E-state index contributed by atoms with van der Waals surface area (Å²) in [7, 11) is -2.83. The number of fused-ring (bicyclic) bond motifs is 1. The van der Waals surface area contributed by atoms with Gasteiger partial charge in [0.15, 0.2) is 6.29 Å². The van der Waals surface area contributed by atoms with Crippen LogP contribution in [0, 0.1) is 5.92 Å². The van der Waals surface area contributed by atoms with Crippen molar-refractivity contribution in [3.63, 3.8) is 0 Å². The monoisotopic (exact) mass is 561 g/mol. The molecule has 5 rings (SSSR count). The van der Waals surface area contributed by atoms with E-state index >= 15 is 0 Å². The predicted molar refractivity (Wildman–Crippen MR) is 155 cm³/mol. The van der Waals surface area contributed by atoms with Crippen LogP contribution < -0.4 is 10.4 Å². The minimum Gasteiger partial charge on any atom is -0.465 e. The molecule has 3 aromatic rings. The molecule has 212 valence electrons. The summed E-state index contributed by atoms with van der Waals surface area (Å²) in [4.78, 5) is 19.5. The average molecular weight is 562 g/mol. The van der Waals surface area contributed by atoms with E-state index < -0.39 is 44.7 Å². The van der Waals surface area contributed by atoms with Crippen LogP contribution in [-0.4, -0.2) is 62.2 Å². The average Bonchev–Trinajstić information content (AvgIpc) is 3.47. The first kappa shape index (κ1) is 28.7. The molecule has 2 heterocycles. The van der Waals surface area contributed by atoms with Gasteiger partial charge in [-0.3, -0.25) is 9.63 Å². The Kier molecular flexibility index (Phi) is 8.56. The first-order valence-corrected chi connectivity index (χ1v) is 15.9. The molecular weight excluding hydrogens is 522 g/mol. The van der Waals surface area contributed by atoms with E-state index in [1.165, 1.54) is 0 Å². The second-order valence-corrected chi connectivity index (χ2v) is 15.8. The quantitative estimate of drug-likeness (QED) is 0.316. The van der Waals surface area contributed by atoms with E-state index in [1.54, 1.807) is 12.0 Å². The molecule has 7 nitrogen and oxygen atoms in total. The molecule has 5 atom stereocenters. The zero-order chi connectivity index (χ0) is 28.3. The first-order chi connectivity index (χ1) is 19.3. The van der Waals surface area contributed by atoms with Crippen LogP contribution in [0.1, 0.15) is 33.3 Å². The molecular formula is C32H39NO6Si. The molecule has 3 aromatic carbocycles. The van der Waals surface area contributed by atoms with Crippen LogP contribution in [0.2, 0.25) is 5.04 Å². The summed E-state index contributed by atoms with van der Waals surface area (Å²) in [6, 6.07) is 29.8. The van der Waals surface area contributed by atoms with E-state index in [0.717, 1.165) is 15.9 Å². The Balaban J connectivity index is 1.46. The van der Waals surface area contributed by atoms with E-state index in [1.807, 2.05) is 66.7 Å². The molecule has 0 radical (unpaired) electrons. The van der Waals surface area contributed by atoms with Crippen molar-refractivity contribution in [2.75, 3.05) is 13.2 Å². The smallest absolute Gasteiger partial charge is 0.326 e. The number of ether oxygens (including phenoxy) is 2. The molecule has 2 aliphatic rings. The summed E-state index contributed by atoms with van der Waals surface area (Å²) < 4.78 is 18.6. The summed E-state index contributed by atoms with van der Waals surface area (Å²) in [5.41, 5.74) is 0.993. The maximum absolute atomic E-state index is 13.1. The lowest BCUT2D eigenvalue weighted by atomic mass is 9.93. The topological polar surface area (TPSA) is 77.5 Å². The zero-order valence-electron chi connectivity index (χ0n) is 23.6. The molecule has 0 saturated carbocycles. The molecule has 0 aromatic heterocycles. The standard InChI is InChI=1S/C32H39NO6Si/c1-5-36-31(35)28-27-29(39-33(28)21-23-15-9-6-10-16-23)26(38-30(27)34)22-37-40(32(2,3)4,24-17-11-7-12-18-24)25-19-13-8-14-20-25/h6-20,26-30,34H,5,21-22H2,1-4H3/t26-,27-,28+,29-,30?/m1/s1. The molecule has 2 aliphatic heterocycles. The molecule has 0 aliphatic carbocycles. The van der Waals surface area contributed by atoms with Gasteiger partial charge >= 0.3 is 5.97 Å². The van der Waals surface area contributed by atoms with Crippen molar-refractivity contribution in [3.05, 3.63) is 96.6 Å². The number of aliphatic hydroxyl groups excluding tert-OH is 1. The van der Waals surface area contributed by atoms with Crippen molar-refractivity contribution in [2.45, 2.75) is 63.8 Å². The second kappa shape index (κ2) is 11.9. The van der Waals surface area contributed by atoms with Gasteiger partial charge in [0.25, 0.3) is 8.32 Å². The van der Waals surface area contributed by atoms with E-state index in [0.29, 0.717) is 6.54 Å². The number of carbonyl (C=O) groups is 1. The number of nitrogens with zero attached hydrogens (tertiary/aromatic N) is 1. The van der Waals surface area contributed by atoms with E-state index in [-0.39, 0.29) is 18.3 Å². The number of hydroxylamine groups is 2. The SMILES string of the molecule is CCOC(=O)[C@@H]1[C@H]2C(O)O[C@H](CO[Si](c3ccccc3)(c3ccccc3)C(C)(C)C)[C@H]2ON1Cc1ccccc1. The van der Waals surface area contributed by atoms with Gasteiger partial charge < -0.3 is 19.0 Å². The summed E-state index contributed by atoms with van der Waals surface area (Å²) in [5.74, 6) is -1.03. The van der Waals surface area contributed by atoms with Crippen molar-refractivity contribution in [1.29, 1.82) is 0 Å². The number of hydrogen-bond acceptors (Lipinski definition) is 7. The van der Waals surface area contributed by atoms with Gasteiger partial charge in [-0.2, -0.15) is 5.06 Å². The number of esters is 1.